The monoisotopic (exact) mass is 215 g/mol. The minimum absolute atomic E-state index is 0.430. The van der Waals surface area contributed by atoms with Crippen LogP contribution in [0.15, 0.2) is 18.2 Å². The van der Waals surface area contributed by atoms with Crippen molar-refractivity contribution < 1.29 is 4.79 Å². The molecule has 2 nitrogen and oxygen atoms in total. The number of rotatable bonds is 0. The van der Waals surface area contributed by atoms with Crippen LogP contribution in [0.3, 0.4) is 0 Å². The Morgan fingerprint density at radius 3 is 2.92 bits per heavy atom. The van der Waals surface area contributed by atoms with E-state index in [-0.39, 0.29) is 0 Å². The van der Waals surface area contributed by atoms with Crippen LogP contribution < -0.4 is 4.90 Å². The van der Waals surface area contributed by atoms with Crippen LogP contribution in [0.4, 0.5) is 10.5 Å². The van der Waals surface area contributed by atoms with Gasteiger partial charge in [-0.05, 0) is 41.8 Å². The van der Waals surface area contributed by atoms with E-state index in [0.29, 0.717) is 11.6 Å². The van der Waals surface area contributed by atoms with Gasteiger partial charge in [0.15, 0.2) is 0 Å². The SMILES string of the molecule is O=C(Cl)N1CCc2cc(Cl)ccc21. The molecule has 0 saturated heterocycles. The Morgan fingerprint density at radius 1 is 1.46 bits per heavy atom. The van der Waals surface area contributed by atoms with E-state index in [2.05, 4.69) is 0 Å². The van der Waals surface area contributed by atoms with Crippen LogP contribution >= 0.6 is 23.2 Å². The van der Waals surface area contributed by atoms with Crippen molar-refractivity contribution in [1.82, 2.24) is 0 Å². The molecule has 0 bridgehead atoms. The Hall–Kier alpha value is -0.730. The number of anilines is 1. The summed E-state index contributed by atoms with van der Waals surface area (Å²) in [7, 11) is 0. The van der Waals surface area contributed by atoms with Crippen LogP contribution in [0.25, 0.3) is 0 Å². The second kappa shape index (κ2) is 3.20. The molecule has 0 spiro atoms. The Morgan fingerprint density at radius 2 is 2.23 bits per heavy atom. The number of benzene rings is 1. The molecule has 4 heteroatoms. The van der Waals surface area contributed by atoms with Gasteiger partial charge in [-0.2, -0.15) is 0 Å². The molecule has 0 aromatic heterocycles. The summed E-state index contributed by atoms with van der Waals surface area (Å²) < 4.78 is 0. The predicted molar refractivity (Wildman–Crippen MR) is 53.8 cm³/mol. The smallest absolute Gasteiger partial charge is 0.298 e. The van der Waals surface area contributed by atoms with Gasteiger partial charge >= 0.3 is 5.37 Å². The maximum absolute atomic E-state index is 11.0. The Kier molecular flexibility index (Phi) is 2.18. The number of fused-ring (bicyclic) bond motifs is 1. The number of carbonyl (C=O) groups excluding carboxylic acids is 1. The summed E-state index contributed by atoms with van der Waals surface area (Å²) in [5.41, 5.74) is 1.96. The van der Waals surface area contributed by atoms with Crippen LogP contribution in [0.5, 0.6) is 0 Å². The first-order chi connectivity index (χ1) is 6.18. The number of nitrogens with zero attached hydrogens (tertiary/aromatic N) is 1. The third kappa shape index (κ3) is 1.52. The Balaban J connectivity index is 2.44. The van der Waals surface area contributed by atoms with E-state index in [1.807, 2.05) is 12.1 Å². The van der Waals surface area contributed by atoms with Crippen LogP contribution in [-0.2, 0) is 6.42 Å². The minimum atomic E-state index is -0.430. The molecule has 13 heavy (non-hydrogen) atoms. The summed E-state index contributed by atoms with van der Waals surface area (Å²) in [4.78, 5) is 12.5. The van der Waals surface area contributed by atoms with Gasteiger partial charge < -0.3 is 0 Å². The van der Waals surface area contributed by atoms with E-state index in [9.17, 15) is 4.79 Å². The molecule has 0 atom stereocenters. The summed E-state index contributed by atoms with van der Waals surface area (Å²) in [6, 6.07) is 5.46. The number of amides is 1. The maximum Gasteiger partial charge on any atom is 0.320 e. The van der Waals surface area contributed by atoms with Crippen molar-refractivity contribution in [3.05, 3.63) is 28.8 Å². The number of halogens is 2. The van der Waals surface area contributed by atoms with Gasteiger partial charge in [0.1, 0.15) is 0 Å². The van der Waals surface area contributed by atoms with Crippen LogP contribution in [0.2, 0.25) is 5.02 Å². The van der Waals surface area contributed by atoms with E-state index in [0.717, 1.165) is 17.7 Å². The fourth-order valence-corrected chi connectivity index (χ4v) is 1.92. The molecule has 0 saturated carbocycles. The highest BCUT2D eigenvalue weighted by Gasteiger charge is 2.22. The van der Waals surface area contributed by atoms with Crippen molar-refractivity contribution in [1.29, 1.82) is 0 Å². The molecule has 1 heterocycles. The fraction of sp³-hybridized carbons (Fsp3) is 0.222. The highest BCUT2D eigenvalue weighted by Crippen LogP contribution is 2.30. The second-order valence-corrected chi connectivity index (χ2v) is 3.69. The molecule has 1 amide bonds. The molecule has 2 rings (SSSR count). The zero-order valence-electron chi connectivity index (χ0n) is 6.76. The summed E-state index contributed by atoms with van der Waals surface area (Å²) in [6.07, 6.45) is 0.828. The third-order valence-corrected chi connectivity index (χ3v) is 2.59. The van der Waals surface area contributed by atoms with E-state index in [1.54, 1.807) is 11.0 Å². The van der Waals surface area contributed by atoms with Crippen LogP contribution in [0, 0.1) is 0 Å². The first kappa shape index (κ1) is 8.85. The summed E-state index contributed by atoms with van der Waals surface area (Å²) >= 11 is 11.2. The third-order valence-electron chi connectivity index (χ3n) is 2.15. The van der Waals surface area contributed by atoms with Gasteiger partial charge in [0, 0.05) is 17.3 Å². The maximum atomic E-state index is 11.0. The van der Waals surface area contributed by atoms with Gasteiger partial charge in [-0.1, -0.05) is 11.6 Å². The quantitative estimate of drug-likeness (QED) is 0.482. The topological polar surface area (TPSA) is 20.3 Å². The molecular weight excluding hydrogens is 209 g/mol. The highest BCUT2D eigenvalue weighted by molar-refractivity contribution is 6.66. The summed E-state index contributed by atoms with van der Waals surface area (Å²) in [6.45, 7) is 0.651. The largest absolute Gasteiger partial charge is 0.320 e. The molecular formula is C9H7Cl2NO. The lowest BCUT2D eigenvalue weighted by molar-refractivity contribution is 0.264. The number of carbonyl (C=O) groups is 1. The molecule has 0 unspecified atom stereocenters. The Labute approximate surface area is 86.0 Å². The summed E-state index contributed by atoms with van der Waals surface area (Å²) in [5.74, 6) is 0. The van der Waals surface area contributed by atoms with Crippen molar-refractivity contribution in [3.63, 3.8) is 0 Å². The minimum Gasteiger partial charge on any atom is -0.298 e. The van der Waals surface area contributed by atoms with Gasteiger partial charge in [-0.3, -0.25) is 9.69 Å². The zero-order valence-corrected chi connectivity index (χ0v) is 8.27. The number of hydrogen-bond acceptors (Lipinski definition) is 1. The highest BCUT2D eigenvalue weighted by atomic mass is 35.5. The molecule has 0 fully saturated rings. The van der Waals surface area contributed by atoms with Crippen molar-refractivity contribution in [3.8, 4) is 0 Å². The molecule has 68 valence electrons. The van der Waals surface area contributed by atoms with E-state index in [4.69, 9.17) is 23.2 Å². The van der Waals surface area contributed by atoms with Crippen LogP contribution in [0.1, 0.15) is 5.56 Å². The van der Waals surface area contributed by atoms with E-state index in [1.165, 1.54) is 0 Å². The average Bonchev–Trinajstić information content (AvgIpc) is 2.46. The lowest BCUT2D eigenvalue weighted by Gasteiger charge is -2.12. The Bertz CT molecular complexity index is 365. The van der Waals surface area contributed by atoms with Gasteiger partial charge in [-0.25, -0.2) is 0 Å². The summed E-state index contributed by atoms with van der Waals surface area (Å²) in [5, 5.41) is 0.267. The predicted octanol–water partition coefficient (Wildman–Crippen LogP) is 3.06. The zero-order chi connectivity index (χ0) is 9.42. The molecule has 1 aliphatic rings. The molecule has 0 radical (unpaired) electrons. The van der Waals surface area contributed by atoms with Gasteiger partial charge in [0.05, 0.1) is 0 Å². The van der Waals surface area contributed by atoms with Gasteiger partial charge in [0.2, 0.25) is 0 Å². The van der Waals surface area contributed by atoms with Crippen molar-refractivity contribution in [2.24, 2.45) is 0 Å². The van der Waals surface area contributed by atoms with E-state index >= 15 is 0 Å². The molecule has 0 aliphatic carbocycles. The first-order valence-corrected chi connectivity index (χ1v) is 4.69. The first-order valence-electron chi connectivity index (χ1n) is 3.94. The normalized spacial score (nSPS) is 14.5. The molecule has 1 aromatic carbocycles. The fourth-order valence-electron chi connectivity index (χ4n) is 1.55. The lowest BCUT2D eigenvalue weighted by Crippen LogP contribution is -2.22. The van der Waals surface area contributed by atoms with Gasteiger partial charge in [0.25, 0.3) is 0 Å². The molecule has 0 N–H and O–H groups in total. The lowest BCUT2D eigenvalue weighted by atomic mass is 10.2. The number of hydrogen-bond donors (Lipinski definition) is 0. The molecule has 1 aromatic rings. The van der Waals surface area contributed by atoms with Crippen molar-refractivity contribution in [2.45, 2.75) is 6.42 Å². The van der Waals surface area contributed by atoms with Crippen LogP contribution in [-0.4, -0.2) is 11.9 Å². The van der Waals surface area contributed by atoms with Crippen molar-refractivity contribution in [2.75, 3.05) is 11.4 Å². The molecule has 1 aliphatic heterocycles. The van der Waals surface area contributed by atoms with E-state index < -0.39 is 5.37 Å². The van der Waals surface area contributed by atoms with Gasteiger partial charge in [-0.15, -0.1) is 0 Å². The van der Waals surface area contributed by atoms with Crippen molar-refractivity contribution >= 4 is 34.3 Å². The average molecular weight is 216 g/mol. The second-order valence-electron chi connectivity index (χ2n) is 2.93. The standard InChI is InChI=1S/C9H7Cl2NO/c10-7-1-2-8-6(5-7)3-4-12(8)9(11)13/h1-2,5H,3-4H2.